The SMILES string of the molecule is S=C1CNCN1S. The topological polar surface area (TPSA) is 15.3 Å². The van der Waals surface area contributed by atoms with Crippen LogP contribution in [0.5, 0.6) is 0 Å². The van der Waals surface area contributed by atoms with Crippen LogP contribution in [0, 0.1) is 0 Å². The number of nitrogens with one attached hydrogen (secondary N) is 1. The maximum Gasteiger partial charge on any atom is 0.103 e. The number of hydrogen-bond donors (Lipinski definition) is 2. The fourth-order valence-electron chi connectivity index (χ4n) is 0.448. The van der Waals surface area contributed by atoms with Crippen molar-refractivity contribution in [2.75, 3.05) is 13.2 Å². The molecule has 0 amide bonds. The third-order valence-electron chi connectivity index (χ3n) is 0.826. The van der Waals surface area contributed by atoms with Crippen LogP contribution >= 0.6 is 25.0 Å². The predicted molar refractivity (Wildman–Crippen MR) is 36.3 cm³/mol. The summed E-state index contributed by atoms with van der Waals surface area (Å²) in [4.78, 5) is 0.878. The third kappa shape index (κ3) is 1.05. The van der Waals surface area contributed by atoms with Gasteiger partial charge in [-0.05, 0) is 0 Å². The van der Waals surface area contributed by atoms with Gasteiger partial charge in [-0.25, -0.2) is 0 Å². The molecule has 1 heterocycles. The average molecular weight is 134 g/mol. The van der Waals surface area contributed by atoms with Crippen molar-refractivity contribution in [1.29, 1.82) is 0 Å². The molecular weight excluding hydrogens is 128 g/mol. The molecular formula is C3H6N2S2. The van der Waals surface area contributed by atoms with E-state index in [-0.39, 0.29) is 0 Å². The van der Waals surface area contributed by atoms with E-state index in [1.54, 1.807) is 4.31 Å². The standard InChI is InChI=1S/C3H6N2S2/c6-3-1-4-2-5(3)7/h4,7H,1-2H2. The Bertz CT molecular complexity index is 92.9. The van der Waals surface area contributed by atoms with Gasteiger partial charge in [0.05, 0.1) is 6.67 Å². The summed E-state index contributed by atoms with van der Waals surface area (Å²) in [6, 6.07) is 0. The van der Waals surface area contributed by atoms with Gasteiger partial charge in [0.1, 0.15) is 4.99 Å². The van der Waals surface area contributed by atoms with Crippen LogP contribution in [0.4, 0.5) is 0 Å². The van der Waals surface area contributed by atoms with Crippen molar-refractivity contribution in [2.45, 2.75) is 0 Å². The monoisotopic (exact) mass is 134 g/mol. The van der Waals surface area contributed by atoms with Gasteiger partial charge in [-0.1, -0.05) is 25.0 Å². The molecule has 0 spiro atoms. The molecule has 1 N–H and O–H groups in total. The van der Waals surface area contributed by atoms with Gasteiger partial charge in [0.15, 0.2) is 0 Å². The van der Waals surface area contributed by atoms with Gasteiger partial charge >= 0.3 is 0 Å². The van der Waals surface area contributed by atoms with Crippen molar-refractivity contribution < 1.29 is 0 Å². The molecule has 1 saturated heterocycles. The summed E-state index contributed by atoms with van der Waals surface area (Å²) >= 11 is 8.85. The van der Waals surface area contributed by atoms with Gasteiger partial charge in [0.2, 0.25) is 0 Å². The predicted octanol–water partition coefficient (Wildman–Crippen LogP) is 0.0213. The minimum absolute atomic E-state index is 0.780. The van der Waals surface area contributed by atoms with Crippen LogP contribution in [-0.4, -0.2) is 22.5 Å². The van der Waals surface area contributed by atoms with Gasteiger partial charge in [-0.3, -0.25) is 9.62 Å². The van der Waals surface area contributed by atoms with E-state index < -0.39 is 0 Å². The zero-order valence-electron chi connectivity index (χ0n) is 3.72. The minimum atomic E-state index is 0.780. The molecule has 0 unspecified atom stereocenters. The molecule has 0 atom stereocenters. The zero-order chi connectivity index (χ0) is 5.28. The quantitative estimate of drug-likeness (QED) is 0.359. The van der Waals surface area contributed by atoms with E-state index in [9.17, 15) is 0 Å². The van der Waals surface area contributed by atoms with Crippen LogP contribution in [0.2, 0.25) is 0 Å². The Morgan fingerprint density at radius 1 is 1.86 bits per heavy atom. The van der Waals surface area contributed by atoms with E-state index in [0.29, 0.717) is 0 Å². The number of nitrogens with zero attached hydrogens (tertiary/aromatic N) is 1. The molecule has 1 rings (SSSR count). The van der Waals surface area contributed by atoms with Crippen molar-refractivity contribution in [3.63, 3.8) is 0 Å². The maximum atomic E-state index is 4.83. The second-order valence-electron chi connectivity index (χ2n) is 1.38. The molecule has 4 heteroatoms. The largest absolute Gasteiger partial charge is 0.298 e. The third-order valence-corrected chi connectivity index (χ3v) is 1.71. The number of thiol groups is 1. The smallest absolute Gasteiger partial charge is 0.103 e. The summed E-state index contributed by atoms with van der Waals surface area (Å²) in [7, 11) is 0. The zero-order valence-corrected chi connectivity index (χ0v) is 5.43. The van der Waals surface area contributed by atoms with Gasteiger partial charge < -0.3 is 0 Å². The first kappa shape index (κ1) is 5.34. The molecule has 40 valence electrons. The molecule has 0 aromatic carbocycles. The van der Waals surface area contributed by atoms with Crippen LogP contribution in [0.15, 0.2) is 0 Å². The van der Waals surface area contributed by atoms with E-state index >= 15 is 0 Å². The maximum absolute atomic E-state index is 4.83. The Hall–Kier alpha value is 0.200. The average Bonchev–Trinajstić information content (AvgIpc) is 1.91. The molecule has 0 bridgehead atoms. The van der Waals surface area contributed by atoms with Gasteiger partial charge in [0.25, 0.3) is 0 Å². The molecule has 0 aliphatic carbocycles. The molecule has 1 aliphatic rings. The van der Waals surface area contributed by atoms with Crippen LogP contribution < -0.4 is 5.32 Å². The number of thiocarbonyl (C=S) groups is 1. The van der Waals surface area contributed by atoms with Crippen molar-refractivity contribution in [3.8, 4) is 0 Å². The molecule has 0 aromatic rings. The second kappa shape index (κ2) is 1.98. The van der Waals surface area contributed by atoms with Crippen molar-refractivity contribution in [3.05, 3.63) is 0 Å². The highest BCUT2D eigenvalue weighted by molar-refractivity contribution is 7.84. The van der Waals surface area contributed by atoms with E-state index in [0.717, 1.165) is 18.2 Å². The first-order chi connectivity index (χ1) is 3.30. The highest BCUT2D eigenvalue weighted by atomic mass is 32.1. The lowest BCUT2D eigenvalue weighted by Gasteiger charge is -2.03. The fourth-order valence-corrected chi connectivity index (χ4v) is 0.785. The summed E-state index contributed by atoms with van der Waals surface area (Å²) in [6.45, 7) is 1.58. The van der Waals surface area contributed by atoms with Crippen LogP contribution in [0.3, 0.4) is 0 Å². The summed E-state index contributed by atoms with van der Waals surface area (Å²) < 4.78 is 1.72. The van der Waals surface area contributed by atoms with Crippen molar-refractivity contribution in [1.82, 2.24) is 9.62 Å². The lowest BCUT2D eigenvalue weighted by molar-refractivity contribution is 0.680. The first-order valence-corrected chi connectivity index (χ1v) is 2.81. The molecule has 1 aliphatic heterocycles. The van der Waals surface area contributed by atoms with Gasteiger partial charge in [-0.2, -0.15) is 0 Å². The van der Waals surface area contributed by atoms with Crippen molar-refractivity contribution in [2.24, 2.45) is 0 Å². The Morgan fingerprint density at radius 3 is 2.71 bits per heavy atom. The Morgan fingerprint density at radius 2 is 2.57 bits per heavy atom. The first-order valence-electron chi connectivity index (χ1n) is 2.00. The lowest BCUT2D eigenvalue weighted by Crippen LogP contribution is -2.12. The number of rotatable bonds is 0. The molecule has 1 fully saturated rings. The molecule has 0 aromatic heterocycles. The van der Waals surface area contributed by atoms with Crippen LogP contribution in [0.1, 0.15) is 0 Å². The summed E-state index contributed by atoms with van der Waals surface area (Å²) in [5.74, 6) is 0. The Kier molecular flexibility index (Phi) is 1.51. The highest BCUT2D eigenvalue weighted by Crippen LogP contribution is 1.98. The van der Waals surface area contributed by atoms with Crippen LogP contribution in [-0.2, 0) is 0 Å². The van der Waals surface area contributed by atoms with E-state index in [1.165, 1.54) is 0 Å². The van der Waals surface area contributed by atoms with E-state index in [1.807, 2.05) is 0 Å². The Balaban J connectivity index is 2.48. The van der Waals surface area contributed by atoms with Crippen molar-refractivity contribution >= 4 is 30.0 Å². The summed E-state index contributed by atoms with van der Waals surface area (Å²) in [5.41, 5.74) is 0. The molecule has 0 radical (unpaired) electrons. The van der Waals surface area contributed by atoms with Gasteiger partial charge in [-0.15, -0.1) is 0 Å². The van der Waals surface area contributed by atoms with Crippen LogP contribution in [0.25, 0.3) is 0 Å². The van der Waals surface area contributed by atoms with Gasteiger partial charge in [0, 0.05) is 6.54 Å². The summed E-state index contributed by atoms with van der Waals surface area (Å²) in [5, 5.41) is 3.03. The minimum Gasteiger partial charge on any atom is -0.298 e. The molecule has 2 nitrogen and oxygen atoms in total. The normalized spacial score (nSPS) is 21.3. The molecule has 7 heavy (non-hydrogen) atoms. The summed E-state index contributed by atoms with van der Waals surface area (Å²) in [6.07, 6.45) is 0. The highest BCUT2D eigenvalue weighted by Gasteiger charge is 2.10. The van der Waals surface area contributed by atoms with E-state index in [4.69, 9.17) is 12.2 Å². The number of hydrogen-bond acceptors (Lipinski definition) is 3. The van der Waals surface area contributed by atoms with E-state index in [2.05, 4.69) is 18.1 Å². The second-order valence-corrected chi connectivity index (χ2v) is 2.33. The Labute approximate surface area is 53.4 Å². The molecule has 0 saturated carbocycles. The fraction of sp³-hybridized carbons (Fsp3) is 0.667. The lowest BCUT2D eigenvalue weighted by atomic mass is 10.7.